The van der Waals surface area contributed by atoms with Crippen molar-refractivity contribution in [3.63, 3.8) is 0 Å². The Hall–Kier alpha value is -3.61. The first-order valence-corrected chi connectivity index (χ1v) is 10.6. The van der Waals surface area contributed by atoms with Crippen molar-refractivity contribution in [2.45, 2.75) is 38.3 Å². The largest absolute Gasteiger partial charge is 0.465 e. The molecule has 4 rings (SSSR count). The number of hydrogen-bond acceptors (Lipinski definition) is 5. The van der Waals surface area contributed by atoms with Gasteiger partial charge in [0, 0.05) is 18.4 Å². The highest BCUT2D eigenvalue weighted by Gasteiger charge is 2.48. The fraction of sp³-hybridized carbons (Fsp3) is 0.455. The molecule has 2 aliphatic rings. The third-order valence-corrected chi connectivity index (χ3v) is 6.53. The third kappa shape index (κ3) is 4.10. The second-order valence-electron chi connectivity index (χ2n) is 8.55. The molecule has 4 N–H and O–H groups in total. The molecule has 1 aromatic carbocycles. The molecule has 0 bridgehead atoms. The Morgan fingerprint density at radius 1 is 1.31 bits per heavy atom. The number of aromatic nitrogens is 2. The Balaban J connectivity index is 1.75. The molecule has 0 radical (unpaired) electrons. The van der Waals surface area contributed by atoms with Crippen molar-refractivity contribution >= 4 is 23.5 Å². The van der Waals surface area contributed by atoms with Gasteiger partial charge in [-0.1, -0.05) is 6.92 Å². The van der Waals surface area contributed by atoms with E-state index in [2.05, 4.69) is 16.5 Å². The molecule has 168 valence electrons. The minimum absolute atomic E-state index is 0.0296. The van der Waals surface area contributed by atoms with E-state index in [1.54, 1.807) is 0 Å². The number of hydrogen-bond donors (Lipinski definition) is 3. The predicted molar refractivity (Wildman–Crippen MR) is 114 cm³/mol. The number of benzene rings is 1. The van der Waals surface area contributed by atoms with Gasteiger partial charge in [-0.3, -0.25) is 9.48 Å². The summed E-state index contributed by atoms with van der Waals surface area (Å²) >= 11 is 0. The normalized spacial score (nSPS) is 23.9. The average molecular weight is 440 g/mol. The molecule has 0 spiro atoms. The number of likely N-dealkylation sites (tertiary alicyclic amines) is 1. The van der Waals surface area contributed by atoms with Gasteiger partial charge >= 0.3 is 6.09 Å². The lowest BCUT2D eigenvalue weighted by Gasteiger charge is -2.45. The van der Waals surface area contributed by atoms with Gasteiger partial charge in [-0.15, -0.1) is 0 Å². The number of nitriles is 1. The number of rotatable bonds is 6. The Labute approximate surface area is 184 Å². The number of nitrogens with one attached hydrogen (secondary N) is 1. The fourth-order valence-corrected chi connectivity index (χ4v) is 4.71. The minimum Gasteiger partial charge on any atom is -0.465 e. The molecule has 10 heteroatoms. The van der Waals surface area contributed by atoms with Crippen LogP contribution in [0.15, 0.2) is 30.5 Å². The topological polar surface area (TPSA) is 137 Å². The summed E-state index contributed by atoms with van der Waals surface area (Å²) in [6.07, 6.45) is 2.86. The number of amides is 2. The van der Waals surface area contributed by atoms with E-state index in [1.165, 1.54) is 40.0 Å². The molecule has 1 saturated heterocycles. The van der Waals surface area contributed by atoms with Crippen molar-refractivity contribution in [1.82, 2.24) is 14.7 Å². The van der Waals surface area contributed by atoms with Gasteiger partial charge in [0.25, 0.3) is 5.91 Å². The van der Waals surface area contributed by atoms with E-state index in [0.29, 0.717) is 18.0 Å². The van der Waals surface area contributed by atoms with Crippen molar-refractivity contribution in [3.05, 3.63) is 41.8 Å². The highest BCUT2D eigenvalue weighted by Crippen LogP contribution is 2.46. The maximum absolute atomic E-state index is 13.2. The second-order valence-corrected chi connectivity index (χ2v) is 8.55. The lowest BCUT2D eigenvalue weighted by atomic mass is 9.79. The van der Waals surface area contributed by atoms with E-state index in [0.717, 1.165) is 12.8 Å². The maximum Gasteiger partial charge on any atom is 0.407 e. The molecule has 9 nitrogen and oxygen atoms in total. The van der Waals surface area contributed by atoms with Gasteiger partial charge in [-0.25, -0.2) is 9.18 Å². The van der Waals surface area contributed by atoms with Crippen LogP contribution in [0.5, 0.6) is 0 Å². The standard InChI is InChI=1S/C22H25FN6O3/c1-12(13-2-3-13)18-19(14(10-24)8-9-28(18)22(31)32)29-11-17(20(25)30)21(27-29)26-16-6-4-15(23)5-7-16/h4-7,11-14,18-19H,2-3,8-9H2,1H3,(H2,25,30)(H,26,27)(H,31,32)/t12?,14-,18?,19-/m1/s1. The molecular weight excluding hydrogens is 415 g/mol. The zero-order chi connectivity index (χ0) is 23.0. The van der Waals surface area contributed by atoms with E-state index in [1.807, 2.05) is 6.92 Å². The molecule has 32 heavy (non-hydrogen) atoms. The number of carbonyl (C=O) groups is 2. The number of anilines is 2. The Morgan fingerprint density at radius 3 is 2.56 bits per heavy atom. The van der Waals surface area contributed by atoms with Gasteiger partial charge in [0.05, 0.1) is 24.1 Å². The third-order valence-electron chi connectivity index (χ3n) is 6.53. The molecule has 2 aromatic rings. The van der Waals surface area contributed by atoms with Crippen LogP contribution in [0.25, 0.3) is 0 Å². The van der Waals surface area contributed by atoms with E-state index >= 15 is 0 Å². The van der Waals surface area contributed by atoms with Crippen LogP contribution in [-0.4, -0.2) is 44.4 Å². The van der Waals surface area contributed by atoms with E-state index in [9.17, 15) is 24.3 Å². The quantitative estimate of drug-likeness (QED) is 0.630. The summed E-state index contributed by atoms with van der Waals surface area (Å²) in [5.41, 5.74) is 6.19. The maximum atomic E-state index is 13.2. The van der Waals surface area contributed by atoms with Gasteiger partial charge in [0.2, 0.25) is 0 Å². The van der Waals surface area contributed by atoms with E-state index in [4.69, 9.17) is 5.73 Å². The van der Waals surface area contributed by atoms with Crippen molar-refractivity contribution in [1.29, 1.82) is 5.26 Å². The smallest absolute Gasteiger partial charge is 0.407 e. The summed E-state index contributed by atoms with van der Waals surface area (Å²) in [6.45, 7) is 2.29. The summed E-state index contributed by atoms with van der Waals surface area (Å²) < 4.78 is 14.8. The van der Waals surface area contributed by atoms with Crippen LogP contribution in [0, 0.1) is 34.9 Å². The molecule has 1 aliphatic heterocycles. The summed E-state index contributed by atoms with van der Waals surface area (Å²) in [5, 5.41) is 27.2. The number of primary amides is 1. The van der Waals surface area contributed by atoms with Crippen molar-refractivity contribution in [2.24, 2.45) is 23.5 Å². The SMILES string of the molecule is CC(C1CC1)C1[C@H](n2cc(C(N)=O)c(Nc3ccc(F)cc3)n2)[C@@H](C#N)CCN1C(=O)O. The first kappa shape index (κ1) is 21.6. The van der Waals surface area contributed by atoms with E-state index < -0.39 is 35.8 Å². The fourth-order valence-electron chi connectivity index (χ4n) is 4.71. The first-order chi connectivity index (χ1) is 15.3. The van der Waals surface area contributed by atoms with Crippen LogP contribution in [0.2, 0.25) is 0 Å². The Kier molecular flexibility index (Phi) is 5.74. The number of carbonyl (C=O) groups excluding carboxylic acids is 1. The molecule has 1 saturated carbocycles. The van der Waals surface area contributed by atoms with Crippen LogP contribution < -0.4 is 11.1 Å². The summed E-state index contributed by atoms with van der Waals surface area (Å²) in [6, 6.07) is 6.83. The Bertz CT molecular complexity index is 1060. The van der Waals surface area contributed by atoms with Crippen molar-refractivity contribution in [3.8, 4) is 6.07 Å². The number of carboxylic acid groups (broad SMARTS) is 1. The zero-order valence-electron chi connectivity index (χ0n) is 17.6. The molecule has 1 aromatic heterocycles. The first-order valence-electron chi connectivity index (χ1n) is 10.6. The van der Waals surface area contributed by atoms with Crippen LogP contribution in [-0.2, 0) is 0 Å². The number of piperidine rings is 1. The molecule has 2 amide bonds. The summed E-state index contributed by atoms with van der Waals surface area (Å²) in [7, 11) is 0. The monoisotopic (exact) mass is 440 g/mol. The number of nitrogens with zero attached hydrogens (tertiary/aromatic N) is 4. The second kappa shape index (κ2) is 8.49. The number of nitrogens with two attached hydrogens (primary N) is 1. The molecule has 2 heterocycles. The lowest BCUT2D eigenvalue weighted by Crippen LogP contribution is -2.55. The van der Waals surface area contributed by atoms with Crippen LogP contribution in [0.4, 0.5) is 20.7 Å². The van der Waals surface area contributed by atoms with Gasteiger partial charge < -0.3 is 21.1 Å². The van der Waals surface area contributed by atoms with Crippen molar-refractivity contribution < 1.29 is 19.1 Å². The zero-order valence-corrected chi connectivity index (χ0v) is 17.6. The molecular formula is C22H25FN6O3. The average Bonchev–Trinajstić information content (AvgIpc) is 3.53. The Morgan fingerprint density at radius 2 is 2.00 bits per heavy atom. The van der Waals surface area contributed by atoms with Gasteiger partial charge in [-0.05, 0) is 55.4 Å². The summed E-state index contributed by atoms with van der Waals surface area (Å²) in [5.74, 6) is -0.998. The molecule has 2 fully saturated rings. The predicted octanol–water partition coefficient (Wildman–Crippen LogP) is 3.34. The molecule has 2 unspecified atom stereocenters. The minimum atomic E-state index is -1.03. The van der Waals surface area contributed by atoms with Gasteiger partial charge in [0.1, 0.15) is 11.4 Å². The lowest BCUT2D eigenvalue weighted by molar-refractivity contribution is 0.0312. The highest BCUT2D eigenvalue weighted by molar-refractivity contribution is 5.98. The summed E-state index contributed by atoms with van der Waals surface area (Å²) in [4.78, 5) is 25.6. The van der Waals surface area contributed by atoms with Crippen molar-refractivity contribution in [2.75, 3.05) is 11.9 Å². The van der Waals surface area contributed by atoms with E-state index in [-0.39, 0.29) is 23.8 Å². The number of halogens is 1. The van der Waals surface area contributed by atoms with Crippen LogP contribution in [0.3, 0.4) is 0 Å². The van der Waals surface area contributed by atoms with Crippen LogP contribution in [0.1, 0.15) is 42.6 Å². The molecule has 1 aliphatic carbocycles. The van der Waals surface area contributed by atoms with Gasteiger partial charge in [0.15, 0.2) is 5.82 Å². The molecule has 4 atom stereocenters. The van der Waals surface area contributed by atoms with Gasteiger partial charge in [-0.2, -0.15) is 10.4 Å². The highest BCUT2D eigenvalue weighted by atomic mass is 19.1. The van der Waals surface area contributed by atoms with Crippen LogP contribution >= 0.6 is 0 Å².